The van der Waals surface area contributed by atoms with E-state index in [4.69, 9.17) is 27.9 Å². The van der Waals surface area contributed by atoms with Crippen LogP contribution < -0.4 is 4.73 Å². The summed E-state index contributed by atoms with van der Waals surface area (Å²) in [6, 6.07) is 0. The number of hydrogen-bond acceptors (Lipinski definition) is 7. The van der Waals surface area contributed by atoms with Crippen molar-refractivity contribution >= 4 is 52.4 Å². The molecule has 1 aromatic rings. The molecule has 0 aromatic carbocycles. The van der Waals surface area contributed by atoms with Crippen molar-refractivity contribution in [2.75, 3.05) is 0 Å². The van der Waals surface area contributed by atoms with Crippen molar-refractivity contribution < 1.29 is 34.5 Å². The number of thiazole rings is 1. The van der Waals surface area contributed by atoms with E-state index in [0.717, 1.165) is 17.6 Å². The molecule has 1 aliphatic heterocycles. The van der Waals surface area contributed by atoms with E-state index in [0.29, 0.717) is 29.1 Å². The van der Waals surface area contributed by atoms with Crippen LogP contribution in [0.1, 0.15) is 84.3 Å². The van der Waals surface area contributed by atoms with E-state index >= 15 is 0 Å². The standard InChI is InChI=1S/C28H42Cl2NO6S/c1-15-9-8-10-27(7)21(28(27,29)30)12-20(16(2)11-19-14-38-18(4)31(19)36)37-23(33)13-22(32)26(5,6)25(35)17(3)24(15)34/h11,14-15,17,20-22,24,32,34,36H,8-10,12-13H2,1-7H3/q+1/b16-11+/t15-,17+,20-,21-,22-,24-,27+/m0/s1. The first-order valence-electron chi connectivity index (χ1n) is 13.3. The number of carbonyl (C=O) groups excluding carboxylic acids is 2. The lowest BCUT2D eigenvalue weighted by atomic mass is 9.73. The van der Waals surface area contributed by atoms with E-state index < -0.39 is 45.4 Å². The monoisotopic (exact) mass is 590 g/mol. The van der Waals surface area contributed by atoms with Gasteiger partial charge >= 0.3 is 5.97 Å². The Bertz CT molecular complexity index is 1090. The van der Waals surface area contributed by atoms with Gasteiger partial charge in [0.05, 0.1) is 29.4 Å². The summed E-state index contributed by atoms with van der Waals surface area (Å²) < 4.78 is 5.97. The number of nitrogens with zero attached hydrogens (tertiary/aromatic N) is 1. The average Bonchev–Trinajstić information content (AvgIpc) is 3.05. The molecular formula is C28H42Cl2NO6S+. The smallest absolute Gasteiger partial charge is 0.309 e. The van der Waals surface area contributed by atoms with E-state index in [1.807, 2.05) is 20.8 Å². The number of fused-ring (bicyclic) bond motifs is 1. The van der Waals surface area contributed by atoms with Crippen LogP contribution in [0.15, 0.2) is 11.0 Å². The zero-order valence-corrected chi connectivity index (χ0v) is 25.7. The molecule has 1 aromatic heterocycles. The quantitative estimate of drug-likeness (QED) is 0.188. The minimum atomic E-state index is -1.30. The van der Waals surface area contributed by atoms with Crippen LogP contribution >= 0.6 is 34.5 Å². The van der Waals surface area contributed by atoms with Crippen LogP contribution in [0.5, 0.6) is 0 Å². The molecule has 7 atom stereocenters. The number of aliphatic hydroxyl groups is 2. The van der Waals surface area contributed by atoms with E-state index in [-0.39, 0.29) is 24.0 Å². The Morgan fingerprint density at radius 2 is 1.84 bits per heavy atom. The van der Waals surface area contributed by atoms with Crippen LogP contribution in [0.2, 0.25) is 0 Å². The average molecular weight is 592 g/mol. The molecule has 214 valence electrons. The van der Waals surface area contributed by atoms with E-state index in [2.05, 4.69) is 0 Å². The first-order chi connectivity index (χ1) is 17.4. The molecule has 1 saturated carbocycles. The Kier molecular flexibility index (Phi) is 9.37. The van der Waals surface area contributed by atoms with Gasteiger partial charge in [-0.2, -0.15) is 0 Å². The highest BCUT2D eigenvalue weighted by molar-refractivity contribution is 7.09. The van der Waals surface area contributed by atoms with Gasteiger partial charge in [-0.3, -0.25) is 14.8 Å². The van der Waals surface area contributed by atoms with E-state index in [1.165, 1.54) is 11.3 Å². The van der Waals surface area contributed by atoms with Crippen molar-refractivity contribution in [3.63, 3.8) is 0 Å². The SMILES string of the molecule is C/C(=C\c1csc(C)[n+]1O)[C@@H]1C[C@@H]2C(Cl)(Cl)[C@]2(C)CCC[C@H](C)[C@H](O)[C@@H](C)C(=O)C(C)(C)[C@@H](O)CC(=O)O1. The molecule has 2 fully saturated rings. The Balaban J connectivity index is 1.95. The van der Waals surface area contributed by atoms with Crippen molar-refractivity contribution in [2.24, 2.45) is 28.6 Å². The van der Waals surface area contributed by atoms with Gasteiger partial charge in [-0.15, -0.1) is 23.2 Å². The van der Waals surface area contributed by atoms with Crippen LogP contribution in [0.3, 0.4) is 0 Å². The van der Waals surface area contributed by atoms with Gasteiger partial charge in [-0.1, -0.05) is 52.4 Å². The van der Waals surface area contributed by atoms with Crippen molar-refractivity contribution in [3.8, 4) is 0 Å². The molecule has 38 heavy (non-hydrogen) atoms. The molecule has 10 heteroatoms. The molecule has 0 bridgehead atoms. The number of rotatable bonds is 2. The van der Waals surface area contributed by atoms with Crippen LogP contribution in [0.25, 0.3) is 6.08 Å². The summed E-state index contributed by atoms with van der Waals surface area (Å²) in [5, 5.41) is 34.7. The summed E-state index contributed by atoms with van der Waals surface area (Å²) in [7, 11) is 0. The van der Waals surface area contributed by atoms with Gasteiger partial charge in [0.15, 0.2) is 0 Å². The van der Waals surface area contributed by atoms with Crippen LogP contribution in [-0.4, -0.2) is 49.8 Å². The van der Waals surface area contributed by atoms with E-state index in [1.54, 1.807) is 39.2 Å². The van der Waals surface area contributed by atoms with E-state index in [9.17, 15) is 25.0 Å². The van der Waals surface area contributed by atoms with Gasteiger partial charge in [0, 0.05) is 35.0 Å². The Morgan fingerprint density at radius 1 is 1.21 bits per heavy atom. The number of aliphatic hydroxyl groups excluding tert-OH is 2. The first-order valence-corrected chi connectivity index (χ1v) is 14.9. The third-order valence-corrected chi connectivity index (χ3v) is 11.3. The Morgan fingerprint density at radius 3 is 2.42 bits per heavy atom. The second-order valence-electron chi connectivity index (χ2n) is 12.1. The number of esters is 1. The maximum Gasteiger partial charge on any atom is 0.309 e. The normalized spacial score (nSPS) is 36.9. The number of alkyl halides is 2. The third-order valence-electron chi connectivity index (χ3n) is 9.08. The molecule has 2 aliphatic rings. The summed E-state index contributed by atoms with van der Waals surface area (Å²) in [5.41, 5.74) is -0.414. The summed E-state index contributed by atoms with van der Waals surface area (Å²) in [5.74, 6) is -1.95. The van der Waals surface area contributed by atoms with Crippen molar-refractivity contribution in [2.45, 2.75) is 103 Å². The number of aromatic nitrogens is 1. The molecule has 0 amide bonds. The molecule has 1 aliphatic carbocycles. The fourth-order valence-electron chi connectivity index (χ4n) is 5.79. The topological polar surface area (TPSA) is 108 Å². The summed E-state index contributed by atoms with van der Waals surface area (Å²) in [6.45, 7) is 12.4. The minimum Gasteiger partial charge on any atom is -0.458 e. The highest BCUT2D eigenvalue weighted by atomic mass is 35.5. The largest absolute Gasteiger partial charge is 0.458 e. The summed E-state index contributed by atoms with van der Waals surface area (Å²) in [6.07, 6.45) is 1.07. The van der Waals surface area contributed by atoms with Gasteiger partial charge < -0.3 is 14.9 Å². The van der Waals surface area contributed by atoms with Crippen molar-refractivity contribution in [1.29, 1.82) is 0 Å². The van der Waals surface area contributed by atoms with Gasteiger partial charge in [-0.05, 0) is 37.7 Å². The fraction of sp³-hybridized carbons (Fsp3) is 0.750. The molecule has 3 rings (SSSR count). The van der Waals surface area contributed by atoms with Crippen molar-refractivity contribution in [3.05, 3.63) is 21.7 Å². The lowest BCUT2D eigenvalue weighted by Gasteiger charge is -2.34. The second-order valence-corrected chi connectivity index (χ2v) is 14.6. The predicted octanol–water partition coefficient (Wildman–Crippen LogP) is 5.26. The maximum absolute atomic E-state index is 13.3. The molecule has 7 nitrogen and oxygen atoms in total. The number of Topliss-reactive ketones (excluding diaryl/α,β-unsaturated/α-hetero) is 1. The maximum atomic E-state index is 13.3. The number of cyclic esters (lactones) is 1. The minimum absolute atomic E-state index is 0.141. The van der Waals surface area contributed by atoms with Gasteiger partial charge in [0.25, 0.3) is 10.7 Å². The van der Waals surface area contributed by atoms with Gasteiger partial charge in [0.2, 0.25) is 0 Å². The number of ether oxygens (including phenoxy) is 1. The number of aryl methyl sites for hydroxylation is 1. The number of carbonyl (C=O) groups is 2. The van der Waals surface area contributed by atoms with Crippen LogP contribution in [0, 0.1) is 35.5 Å². The lowest BCUT2D eigenvalue weighted by Crippen LogP contribution is -2.45. The molecule has 2 heterocycles. The molecular weight excluding hydrogens is 549 g/mol. The van der Waals surface area contributed by atoms with Gasteiger partial charge in [0.1, 0.15) is 16.2 Å². The van der Waals surface area contributed by atoms with Crippen molar-refractivity contribution in [1.82, 2.24) is 0 Å². The second kappa shape index (κ2) is 11.4. The Labute approximate surface area is 239 Å². The first kappa shape index (κ1) is 31.3. The molecule has 0 unspecified atom stereocenters. The van der Waals surface area contributed by atoms with Crippen LogP contribution in [0.4, 0.5) is 0 Å². The fourth-order valence-corrected chi connectivity index (χ4v) is 7.46. The molecule has 0 spiro atoms. The zero-order valence-electron chi connectivity index (χ0n) is 23.3. The Hall–Kier alpha value is -1.19. The lowest BCUT2D eigenvalue weighted by molar-refractivity contribution is -0.906. The zero-order chi connectivity index (χ0) is 28.8. The molecule has 0 radical (unpaired) electrons. The third kappa shape index (κ3) is 5.95. The number of ketones is 1. The molecule has 1 saturated heterocycles. The number of halogens is 2. The summed E-state index contributed by atoms with van der Waals surface area (Å²) >= 11 is 15.0. The number of hydrogen-bond donors (Lipinski definition) is 3. The van der Waals surface area contributed by atoms with Crippen LogP contribution in [-0.2, 0) is 14.3 Å². The van der Waals surface area contributed by atoms with Gasteiger partial charge in [-0.25, -0.2) is 0 Å². The highest BCUT2D eigenvalue weighted by Crippen LogP contribution is 2.73. The molecule has 3 N–H and O–H groups in total. The summed E-state index contributed by atoms with van der Waals surface area (Å²) in [4.78, 5) is 26.4. The highest BCUT2D eigenvalue weighted by Gasteiger charge is 2.72. The predicted molar refractivity (Wildman–Crippen MR) is 148 cm³/mol.